The number of hydrogen-bond donors (Lipinski definition) is 0. The molecule has 1 aromatic heterocycles. The SMILES string of the molecule is CCC[CH2][Sn]([CH2]CCC)([CH2]CCC)[c]1cnco1. The van der Waals surface area contributed by atoms with Gasteiger partial charge in [-0.25, -0.2) is 0 Å². The molecule has 0 aliphatic heterocycles. The van der Waals surface area contributed by atoms with Crippen molar-refractivity contribution in [2.24, 2.45) is 0 Å². The van der Waals surface area contributed by atoms with Crippen LogP contribution in [0.4, 0.5) is 0 Å². The van der Waals surface area contributed by atoms with Crippen LogP contribution < -0.4 is 3.78 Å². The summed E-state index contributed by atoms with van der Waals surface area (Å²) in [6.07, 6.45) is 11.8. The van der Waals surface area contributed by atoms with E-state index < -0.39 is 18.4 Å². The van der Waals surface area contributed by atoms with Gasteiger partial charge in [-0.05, 0) is 0 Å². The average Bonchev–Trinajstić information content (AvgIpc) is 2.93. The van der Waals surface area contributed by atoms with Gasteiger partial charge in [0, 0.05) is 0 Å². The van der Waals surface area contributed by atoms with E-state index in [1.165, 1.54) is 55.6 Å². The van der Waals surface area contributed by atoms with E-state index >= 15 is 0 Å². The summed E-state index contributed by atoms with van der Waals surface area (Å²) in [5.74, 6) is 0. The fourth-order valence-electron chi connectivity index (χ4n) is 2.77. The van der Waals surface area contributed by atoms with Crippen LogP contribution in [0.5, 0.6) is 0 Å². The van der Waals surface area contributed by atoms with E-state index in [4.69, 9.17) is 4.42 Å². The van der Waals surface area contributed by atoms with E-state index in [2.05, 4.69) is 25.8 Å². The number of hydrogen-bond acceptors (Lipinski definition) is 2. The maximum absolute atomic E-state index is 5.77. The van der Waals surface area contributed by atoms with Crippen molar-refractivity contribution in [1.29, 1.82) is 0 Å². The molecule has 0 fully saturated rings. The van der Waals surface area contributed by atoms with Gasteiger partial charge >= 0.3 is 117 Å². The van der Waals surface area contributed by atoms with E-state index in [-0.39, 0.29) is 0 Å². The minimum atomic E-state index is -2.26. The molecule has 0 unspecified atom stereocenters. The van der Waals surface area contributed by atoms with Gasteiger partial charge in [-0.15, -0.1) is 0 Å². The van der Waals surface area contributed by atoms with Gasteiger partial charge in [0.2, 0.25) is 0 Å². The van der Waals surface area contributed by atoms with Gasteiger partial charge in [0.1, 0.15) is 0 Å². The van der Waals surface area contributed by atoms with Crippen molar-refractivity contribution >= 4 is 22.2 Å². The van der Waals surface area contributed by atoms with Crippen molar-refractivity contribution in [3.05, 3.63) is 12.6 Å². The van der Waals surface area contributed by atoms with Crippen LogP contribution >= 0.6 is 0 Å². The van der Waals surface area contributed by atoms with Gasteiger partial charge in [0.15, 0.2) is 0 Å². The van der Waals surface area contributed by atoms with Crippen LogP contribution in [0.15, 0.2) is 17.0 Å². The number of unbranched alkanes of at least 4 members (excludes halogenated alkanes) is 3. The Morgan fingerprint density at radius 1 is 0.944 bits per heavy atom. The summed E-state index contributed by atoms with van der Waals surface area (Å²) in [6, 6.07) is 0. The van der Waals surface area contributed by atoms with E-state index in [1.54, 1.807) is 6.39 Å². The second-order valence-corrected chi connectivity index (χ2v) is 18.5. The van der Waals surface area contributed by atoms with Gasteiger partial charge in [0.25, 0.3) is 0 Å². The maximum atomic E-state index is 5.77. The third-order valence-electron chi connectivity index (χ3n) is 3.98. The van der Waals surface area contributed by atoms with E-state index in [1.807, 2.05) is 6.20 Å². The zero-order valence-electron chi connectivity index (χ0n) is 12.4. The molecule has 0 saturated heterocycles. The molecule has 0 bridgehead atoms. The first-order valence-corrected chi connectivity index (χ1v) is 15.2. The Balaban J connectivity index is 2.84. The van der Waals surface area contributed by atoms with Crippen molar-refractivity contribution in [3.8, 4) is 0 Å². The normalized spacial score (nSPS) is 11.9. The number of aromatic nitrogens is 1. The Labute approximate surface area is 116 Å². The Morgan fingerprint density at radius 3 is 1.78 bits per heavy atom. The van der Waals surface area contributed by atoms with Crippen molar-refractivity contribution in [2.45, 2.75) is 72.6 Å². The molecule has 1 heterocycles. The molecule has 2 nitrogen and oxygen atoms in total. The van der Waals surface area contributed by atoms with Gasteiger partial charge in [-0.1, -0.05) is 0 Å². The molecule has 0 radical (unpaired) electrons. The molecule has 18 heavy (non-hydrogen) atoms. The minimum absolute atomic E-state index is 1.31. The van der Waals surface area contributed by atoms with Crippen LogP contribution in [0.25, 0.3) is 0 Å². The van der Waals surface area contributed by atoms with Crippen molar-refractivity contribution in [3.63, 3.8) is 0 Å². The molecule has 0 aliphatic carbocycles. The van der Waals surface area contributed by atoms with Gasteiger partial charge in [-0.2, -0.15) is 0 Å². The standard InChI is InChI=1S/3C4H9.C3H2NO.Sn/c3*1-3-4-2;1-2-5-3-4-1;/h3*1,3-4H2,2H3;1,3H;. The quantitative estimate of drug-likeness (QED) is 0.565. The predicted molar refractivity (Wildman–Crippen MR) is 81.0 cm³/mol. The van der Waals surface area contributed by atoms with E-state index in [9.17, 15) is 0 Å². The zero-order valence-corrected chi connectivity index (χ0v) is 15.2. The number of oxazole rings is 1. The van der Waals surface area contributed by atoms with Crippen LogP contribution in [0.3, 0.4) is 0 Å². The predicted octanol–water partition coefficient (Wildman–Crippen LogP) is 4.73. The second-order valence-electron chi connectivity index (χ2n) is 5.46. The summed E-state index contributed by atoms with van der Waals surface area (Å²) in [5.41, 5.74) is 0. The van der Waals surface area contributed by atoms with Gasteiger partial charge in [0.05, 0.1) is 0 Å². The van der Waals surface area contributed by atoms with Crippen LogP contribution in [0.1, 0.15) is 59.3 Å². The monoisotopic (exact) mass is 359 g/mol. The number of nitrogens with zero attached hydrogens (tertiary/aromatic N) is 1. The van der Waals surface area contributed by atoms with Crippen LogP contribution in [-0.4, -0.2) is 23.4 Å². The molecule has 0 amide bonds. The summed E-state index contributed by atoms with van der Waals surface area (Å²) in [5, 5.41) is 0. The third-order valence-corrected chi connectivity index (χ3v) is 18.9. The molecule has 0 aliphatic rings. The summed E-state index contributed by atoms with van der Waals surface area (Å²) < 4.78 is 11.5. The third kappa shape index (κ3) is 4.60. The molecule has 0 saturated carbocycles. The van der Waals surface area contributed by atoms with Crippen molar-refractivity contribution in [1.82, 2.24) is 4.98 Å². The van der Waals surface area contributed by atoms with Crippen molar-refractivity contribution in [2.75, 3.05) is 0 Å². The summed E-state index contributed by atoms with van der Waals surface area (Å²) in [6.45, 7) is 6.91. The van der Waals surface area contributed by atoms with E-state index in [0.29, 0.717) is 0 Å². The topological polar surface area (TPSA) is 26.0 Å². The molecule has 1 aromatic rings. The molecule has 0 aromatic carbocycles. The molecule has 1 rings (SSSR count). The van der Waals surface area contributed by atoms with Crippen LogP contribution in [0, 0.1) is 0 Å². The van der Waals surface area contributed by atoms with Crippen LogP contribution in [0.2, 0.25) is 13.3 Å². The van der Waals surface area contributed by atoms with E-state index in [0.717, 1.165) is 0 Å². The molecular weight excluding hydrogens is 329 g/mol. The van der Waals surface area contributed by atoms with Gasteiger partial charge in [-0.3, -0.25) is 0 Å². The van der Waals surface area contributed by atoms with Gasteiger partial charge < -0.3 is 0 Å². The fourth-order valence-corrected chi connectivity index (χ4v) is 17.7. The fraction of sp³-hybridized carbons (Fsp3) is 0.800. The first-order chi connectivity index (χ1) is 8.79. The Hall–Kier alpha value is 0.00870. The second kappa shape index (κ2) is 9.00. The summed E-state index contributed by atoms with van der Waals surface area (Å²) in [7, 11) is 0. The summed E-state index contributed by atoms with van der Waals surface area (Å²) >= 11 is -2.26. The zero-order chi connectivity index (χ0) is 13.3. The molecule has 0 spiro atoms. The molecule has 0 N–H and O–H groups in total. The van der Waals surface area contributed by atoms with Crippen molar-refractivity contribution < 1.29 is 4.42 Å². The Morgan fingerprint density at radius 2 is 1.44 bits per heavy atom. The Kier molecular flexibility index (Phi) is 8.03. The molecule has 0 atom stereocenters. The Bertz CT molecular complexity index is 276. The molecule has 3 heteroatoms. The first-order valence-electron chi connectivity index (χ1n) is 7.68. The first kappa shape index (κ1) is 16.1. The summed E-state index contributed by atoms with van der Waals surface area (Å²) in [4.78, 5) is 4.20. The molecule has 104 valence electrons. The average molecular weight is 358 g/mol. The van der Waals surface area contributed by atoms with Crippen LogP contribution in [-0.2, 0) is 0 Å². The number of rotatable bonds is 10. The molecular formula is C15H29NOSn.